The van der Waals surface area contributed by atoms with E-state index in [9.17, 15) is 9.90 Å². The Morgan fingerprint density at radius 3 is 2.64 bits per heavy atom. The van der Waals surface area contributed by atoms with Gasteiger partial charge in [-0.3, -0.25) is 4.79 Å². The Hall–Kier alpha value is -0.180. The molecule has 1 aliphatic carbocycles. The van der Waals surface area contributed by atoms with E-state index in [1.165, 1.54) is 19.3 Å². The number of carboxylic acids is 1. The van der Waals surface area contributed by atoms with Gasteiger partial charge in [0, 0.05) is 0 Å². The van der Waals surface area contributed by atoms with E-state index in [1.54, 1.807) is 0 Å². The number of thioether (sulfide) groups is 1. The molecule has 2 aliphatic rings. The first-order chi connectivity index (χ1) is 6.75. The van der Waals surface area contributed by atoms with E-state index in [0.29, 0.717) is 0 Å². The minimum atomic E-state index is -0.549. The van der Waals surface area contributed by atoms with Gasteiger partial charge in [-0.15, -0.1) is 0 Å². The van der Waals surface area contributed by atoms with E-state index < -0.39 is 5.97 Å². The molecule has 0 aromatic heterocycles. The molecule has 0 radical (unpaired) electrons. The fourth-order valence-corrected chi connectivity index (χ4v) is 4.46. The largest absolute Gasteiger partial charge is 0.481 e. The maximum atomic E-state index is 11.2. The molecular formula is C11H18O2S. The summed E-state index contributed by atoms with van der Waals surface area (Å²) < 4.78 is 0. The molecule has 1 saturated heterocycles. The van der Waals surface area contributed by atoms with Gasteiger partial charge in [-0.25, -0.2) is 0 Å². The first-order valence-electron chi connectivity index (χ1n) is 5.55. The minimum Gasteiger partial charge on any atom is -0.481 e. The Balaban J connectivity index is 2.14. The summed E-state index contributed by atoms with van der Waals surface area (Å²) in [7, 11) is 0. The van der Waals surface area contributed by atoms with Gasteiger partial charge in [0.05, 0.1) is 5.92 Å². The summed E-state index contributed by atoms with van der Waals surface area (Å²) >= 11 is 1.96. The first kappa shape index (κ1) is 10.3. The van der Waals surface area contributed by atoms with Gasteiger partial charge >= 0.3 is 5.97 Å². The molecular weight excluding hydrogens is 196 g/mol. The molecule has 1 unspecified atom stereocenters. The number of hydrogen-bond acceptors (Lipinski definition) is 2. The molecule has 1 N–H and O–H groups in total. The van der Waals surface area contributed by atoms with Crippen molar-refractivity contribution in [2.45, 2.75) is 38.5 Å². The van der Waals surface area contributed by atoms with Crippen molar-refractivity contribution in [2.24, 2.45) is 11.3 Å². The number of carboxylic acid groups (broad SMARTS) is 1. The lowest BCUT2D eigenvalue weighted by Gasteiger charge is -2.44. The molecule has 2 rings (SSSR count). The van der Waals surface area contributed by atoms with Crippen LogP contribution in [0.1, 0.15) is 38.5 Å². The van der Waals surface area contributed by atoms with Crippen LogP contribution in [0.25, 0.3) is 0 Å². The normalized spacial score (nSPS) is 31.6. The van der Waals surface area contributed by atoms with E-state index in [-0.39, 0.29) is 11.3 Å². The minimum absolute atomic E-state index is 0.0518. The van der Waals surface area contributed by atoms with Gasteiger partial charge in [-0.1, -0.05) is 19.3 Å². The highest BCUT2D eigenvalue weighted by Gasteiger charge is 2.45. The van der Waals surface area contributed by atoms with Crippen molar-refractivity contribution in [1.82, 2.24) is 0 Å². The Morgan fingerprint density at radius 1 is 1.29 bits per heavy atom. The molecule has 1 aliphatic heterocycles. The van der Waals surface area contributed by atoms with Crippen LogP contribution in [0.2, 0.25) is 0 Å². The molecule has 1 atom stereocenters. The van der Waals surface area contributed by atoms with Crippen LogP contribution in [-0.4, -0.2) is 22.6 Å². The van der Waals surface area contributed by atoms with Gasteiger partial charge in [0.2, 0.25) is 0 Å². The Morgan fingerprint density at radius 2 is 2.00 bits per heavy atom. The molecule has 2 fully saturated rings. The van der Waals surface area contributed by atoms with Crippen molar-refractivity contribution in [3.05, 3.63) is 0 Å². The van der Waals surface area contributed by atoms with Gasteiger partial charge in [-0.2, -0.15) is 11.8 Å². The van der Waals surface area contributed by atoms with Gasteiger partial charge in [0.25, 0.3) is 0 Å². The summed E-state index contributed by atoms with van der Waals surface area (Å²) in [6.07, 6.45) is 6.97. The summed E-state index contributed by atoms with van der Waals surface area (Å²) in [6.45, 7) is 0. The molecule has 2 nitrogen and oxygen atoms in total. The van der Waals surface area contributed by atoms with Gasteiger partial charge in [-0.05, 0) is 36.2 Å². The molecule has 0 aromatic rings. The topological polar surface area (TPSA) is 37.3 Å². The summed E-state index contributed by atoms with van der Waals surface area (Å²) in [4.78, 5) is 11.2. The summed E-state index contributed by atoms with van der Waals surface area (Å²) in [5.74, 6) is 1.53. The number of carbonyl (C=O) groups is 1. The van der Waals surface area contributed by atoms with Crippen molar-refractivity contribution in [1.29, 1.82) is 0 Å². The van der Waals surface area contributed by atoms with E-state index in [4.69, 9.17) is 0 Å². The molecule has 1 heterocycles. The SMILES string of the molecule is O=C(O)C1CCSCC12CCCCC2. The molecule has 1 saturated carbocycles. The van der Waals surface area contributed by atoms with Crippen molar-refractivity contribution in [3.8, 4) is 0 Å². The number of hydrogen-bond donors (Lipinski definition) is 1. The zero-order valence-corrected chi connectivity index (χ0v) is 9.31. The summed E-state index contributed by atoms with van der Waals surface area (Å²) in [6, 6.07) is 0. The zero-order chi connectivity index (χ0) is 10.0. The molecule has 0 amide bonds. The fourth-order valence-electron chi connectivity index (χ4n) is 3.02. The van der Waals surface area contributed by atoms with Gasteiger partial charge in [0.15, 0.2) is 0 Å². The Kier molecular flexibility index (Phi) is 3.05. The second-order valence-electron chi connectivity index (χ2n) is 4.66. The predicted octanol–water partition coefficient (Wildman–Crippen LogP) is 2.77. The van der Waals surface area contributed by atoms with Crippen LogP contribution in [0.3, 0.4) is 0 Å². The van der Waals surface area contributed by atoms with Crippen LogP contribution in [0.5, 0.6) is 0 Å². The molecule has 3 heteroatoms. The molecule has 0 bridgehead atoms. The van der Waals surface area contributed by atoms with Gasteiger partial charge < -0.3 is 5.11 Å². The second kappa shape index (κ2) is 4.13. The van der Waals surface area contributed by atoms with Crippen LogP contribution >= 0.6 is 11.8 Å². The summed E-state index contributed by atoms with van der Waals surface area (Å²) in [5.41, 5.74) is 0.160. The average molecular weight is 214 g/mol. The van der Waals surface area contributed by atoms with E-state index in [0.717, 1.165) is 30.8 Å². The van der Waals surface area contributed by atoms with E-state index in [2.05, 4.69) is 0 Å². The second-order valence-corrected chi connectivity index (χ2v) is 5.76. The number of rotatable bonds is 1. The quantitative estimate of drug-likeness (QED) is 0.729. The fraction of sp³-hybridized carbons (Fsp3) is 0.909. The van der Waals surface area contributed by atoms with Crippen LogP contribution in [-0.2, 0) is 4.79 Å². The number of aliphatic carboxylic acids is 1. The maximum Gasteiger partial charge on any atom is 0.307 e. The predicted molar refractivity (Wildman–Crippen MR) is 58.6 cm³/mol. The van der Waals surface area contributed by atoms with Crippen LogP contribution in [0, 0.1) is 11.3 Å². The lowest BCUT2D eigenvalue weighted by Crippen LogP contribution is -2.42. The standard InChI is InChI=1S/C11H18O2S/c12-10(13)9-4-7-14-8-11(9)5-2-1-3-6-11/h9H,1-8H2,(H,12,13). The van der Waals surface area contributed by atoms with Crippen LogP contribution in [0.4, 0.5) is 0 Å². The van der Waals surface area contributed by atoms with E-state index in [1.807, 2.05) is 11.8 Å². The molecule has 1 spiro atoms. The summed E-state index contributed by atoms with van der Waals surface area (Å²) in [5, 5.41) is 9.25. The monoisotopic (exact) mass is 214 g/mol. The van der Waals surface area contributed by atoms with Crippen LogP contribution < -0.4 is 0 Å². The van der Waals surface area contributed by atoms with Crippen molar-refractivity contribution >= 4 is 17.7 Å². The lowest BCUT2D eigenvalue weighted by atomic mass is 9.66. The molecule has 80 valence electrons. The third-order valence-corrected chi connectivity index (χ3v) is 5.13. The first-order valence-corrected chi connectivity index (χ1v) is 6.71. The Bertz CT molecular complexity index is 213. The lowest BCUT2D eigenvalue weighted by molar-refractivity contribution is -0.147. The van der Waals surface area contributed by atoms with Crippen molar-refractivity contribution < 1.29 is 9.90 Å². The average Bonchev–Trinajstić information content (AvgIpc) is 2.19. The highest BCUT2D eigenvalue weighted by molar-refractivity contribution is 7.99. The van der Waals surface area contributed by atoms with Crippen molar-refractivity contribution in [3.63, 3.8) is 0 Å². The Labute approximate surface area is 89.5 Å². The highest BCUT2D eigenvalue weighted by atomic mass is 32.2. The molecule has 14 heavy (non-hydrogen) atoms. The van der Waals surface area contributed by atoms with Crippen molar-refractivity contribution in [2.75, 3.05) is 11.5 Å². The third kappa shape index (κ3) is 1.79. The van der Waals surface area contributed by atoms with Crippen LogP contribution in [0.15, 0.2) is 0 Å². The molecule has 0 aromatic carbocycles. The van der Waals surface area contributed by atoms with E-state index >= 15 is 0 Å². The zero-order valence-electron chi connectivity index (χ0n) is 8.50. The van der Waals surface area contributed by atoms with Gasteiger partial charge in [0.1, 0.15) is 0 Å². The highest BCUT2D eigenvalue weighted by Crippen LogP contribution is 2.49. The maximum absolute atomic E-state index is 11.2. The third-order valence-electron chi connectivity index (χ3n) is 3.83. The smallest absolute Gasteiger partial charge is 0.307 e.